The molecular formula is C29H31N7O3. The van der Waals surface area contributed by atoms with Gasteiger partial charge in [0.15, 0.2) is 0 Å². The number of carbonyl (C=O) groups excluding carboxylic acids is 2. The molecule has 0 saturated heterocycles. The fourth-order valence-electron chi connectivity index (χ4n) is 3.19. The summed E-state index contributed by atoms with van der Waals surface area (Å²) in [4.78, 5) is 38.7. The Balaban J connectivity index is 1.59. The van der Waals surface area contributed by atoms with Crippen LogP contribution >= 0.6 is 0 Å². The highest BCUT2D eigenvalue weighted by Crippen LogP contribution is 2.22. The maximum absolute atomic E-state index is 12.8. The van der Waals surface area contributed by atoms with E-state index in [1.807, 2.05) is 31.1 Å². The van der Waals surface area contributed by atoms with Gasteiger partial charge in [0.1, 0.15) is 17.9 Å². The molecule has 2 aromatic carbocycles. The lowest BCUT2D eigenvalue weighted by atomic mass is 10.2. The summed E-state index contributed by atoms with van der Waals surface area (Å²) in [6, 6.07) is 15.6. The van der Waals surface area contributed by atoms with Crippen molar-refractivity contribution in [3.63, 3.8) is 0 Å². The van der Waals surface area contributed by atoms with Crippen LogP contribution in [-0.2, 0) is 4.79 Å². The van der Waals surface area contributed by atoms with Gasteiger partial charge in [-0.3, -0.25) is 14.6 Å². The minimum absolute atomic E-state index is 0.231. The molecule has 1 heterocycles. The lowest BCUT2D eigenvalue weighted by Crippen LogP contribution is -2.13. The standard InChI is InChI=1S/C29H31N7O3/c1-21(8-6-16-30-2)39-28-19-26(31-20-32-28)33-24-9-5-10-25(18-24)35-29(38)22-12-14-23(15-13-22)34-27(37)11-7-17-36(3)4/h5-16,18-20H,2,17H2,1,3-4H3,(H,34,37)(H,35,38)(H,31,32,33)/b11-7+,16-6-,21-8+. The van der Waals surface area contributed by atoms with E-state index in [9.17, 15) is 9.59 Å². The minimum atomic E-state index is -0.281. The van der Waals surface area contributed by atoms with Gasteiger partial charge in [0.25, 0.3) is 5.91 Å². The smallest absolute Gasteiger partial charge is 0.255 e. The largest absolute Gasteiger partial charge is 0.444 e. The van der Waals surface area contributed by atoms with Crippen molar-refractivity contribution in [3.8, 4) is 5.88 Å². The monoisotopic (exact) mass is 525 g/mol. The first kappa shape index (κ1) is 28.5. The quantitative estimate of drug-likeness (QED) is 0.131. The van der Waals surface area contributed by atoms with Crippen molar-refractivity contribution < 1.29 is 14.3 Å². The third-order valence-electron chi connectivity index (χ3n) is 4.98. The molecule has 10 heteroatoms. The van der Waals surface area contributed by atoms with Crippen molar-refractivity contribution in [2.75, 3.05) is 36.6 Å². The second-order valence-corrected chi connectivity index (χ2v) is 8.54. The molecule has 3 rings (SSSR count). The molecule has 0 bridgehead atoms. The van der Waals surface area contributed by atoms with E-state index < -0.39 is 0 Å². The number of hydrogen-bond donors (Lipinski definition) is 3. The van der Waals surface area contributed by atoms with Crippen LogP contribution < -0.4 is 20.7 Å². The number of rotatable bonds is 12. The van der Waals surface area contributed by atoms with Gasteiger partial charge in [0.05, 0.1) is 0 Å². The molecule has 1 aromatic heterocycles. The summed E-state index contributed by atoms with van der Waals surface area (Å²) in [5.41, 5.74) is 2.36. The molecule has 0 radical (unpaired) electrons. The SMILES string of the molecule is C=N/C=C\C=C(/C)Oc1cc(Nc2cccc(NC(=O)c3ccc(NC(=O)/C=C/CN(C)C)cc3)c2)ncn1. The molecule has 0 unspecified atom stereocenters. The van der Waals surface area contributed by atoms with E-state index in [-0.39, 0.29) is 11.8 Å². The molecule has 0 fully saturated rings. The van der Waals surface area contributed by atoms with Gasteiger partial charge >= 0.3 is 0 Å². The van der Waals surface area contributed by atoms with Crippen LogP contribution in [0.3, 0.4) is 0 Å². The first-order valence-corrected chi connectivity index (χ1v) is 12.0. The molecule has 0 saturated carbocycles. The fourth-order valence-corrected chi connectivity index (χ4v) is 3.19. The highest BCUT2D eigenvalue weighted by Gasteiger charge is 2.08. The van der Waals surface area contributed by atoms with Gasteiger partial charge in [-0.15, -0.1) is 0 Å². The Bertz CT molecular complexity index is 1380. The van der Waals surface area contributed by atoms with E-state index in [1.165, 1.54) is 12.4 Å². The second kappa shape index (κ2) is 14.6. The Labute approximate surface area is 227 Å². The van der Waals surface area contributed by atoms with E-state index in [2.05, 4.69) is 37.6 Å². The number of aliphatic imine (C=N–C) groups is 1. The van der Waals surface area contributed by atoms with Crippen molar-refractivity contribution in [1.29, 1.82) is 0 Å². The molecule has 0 aliphatic heterocycles. The van der Waals surface area contributed by atoms with Crippen LogP contribution in [0.25, 0.3) is 0 Å². The topological polar surface area (TPSA) is 121 Å². The van der Waals surface area contributed by atoms with Crippen LogP contribution in [-0.4, -0.2) is 54.0 Å². The molecule has 0 aliphatic carbocycles. The van der Waals surface area contributed by atoms with E-state index in [4.69, 9.17) is 4.74 Å². The number of carbonyl (C=O) groups is 2. The van der Waals surface area contributed by atoms with Crippen LogP contribution in [0.5, 0.6) is 5.88 Å². The zero-order chi connectivity index (χ0) is 28.0. The predicted octanol–water partition coefficient (Wildman–Crippen LogP) is 5.03. The number of anilines is 4. The number of aromatic nitrogens is 2. The minimum Gasteiger partial charge on any atom is -0.444 e. The van der Waals surface area contributed by atoms with Gasteiger partial charge in [-0.1, -0.05) is 12.1 Å². The van der Waals surface area contributed by atoms with Crippen molar-refractivity contribution >= 4 is 41.4 Å². The lowest BCUT2D eigenvalue weighted by Gasteiger charge is -2.10. The molecule has 0 aliphatic rings. The summed E-state index contributed by atoms with van der Waals surface area (Å²) in [7, 11) is 3.85. The third kappa shape index (κ3) is 10.1. The Hall–Kier alpha value is -5.09. The van der Waals surface area contributed by atoms with E-state index in [0.717, 1.165) is 0 Å². The number of likely N-dealkylation sites (N-methyl/N-ethyl adjacent to an activating group) is 1. The number of nitrogens with one attached hydrogen (secondary N) is 3. The maximum Gasteiger partial charge on any atom is 0.255 e. The summed E-state index contributed by atoms with van der Waals surface area (Å²) < 4.78 is 5.69. The number of amides is 2. The van der Waals surface area contributed by atoms with Gasteiger partial charge in [0, 0.05) is 47.5 Å². The van der Waals surface area contributed by atoms with Crippen LogP contribution in [0, 0.1) is 0 Å². The average molecular weight is 526 g/mol. The predicted molar refractivity (Wildman–Crippen MR) is 156 cm³/mol. The molecule has 200 valence electrons. The highest BCUT2D eigenvalue weighted by atomic mass is 16.5. The number of hydrogen-bond acceptors (Lipinski definition) is 8. The summed E-state index contributed by atoms with van der Waals surface area (Å²) in [6.45, 7) is 5.84. The fraction of sp³-hybridized carbons (Fsp3) is 0.138. The van der Waals surface area contributed by atoms with Gasteiger partial charge in [0.2, 0.25) is 11.8 Å². The average Bonchev–Trinajstić information content (AvgIpc) is 2.89. The van der Waals surface area contributed by atoms with E-state index in [1.54, 1.807) is 73.8 Å². The van der Waals surface area contributed by atoms with Crippen LogP contribution in [0.2, 0.25) is 0 Å². The summed E-state index contributed by atoms with van der Waals surface area (Å²) >= 11 is 0. The third-order valence-corrected chi connectivity index (χ3v) is 4.98. The van der Waals surface area contributed by atoms with Crippen molar-refractivity contribution in [2.45, 2.75) is 6.92 Å². The zero-order valence-corrected chi connectivity index (χ0v) is 22.1. The first-order valence-electron chi connectivity index (χ1n) is 12.0. The lowest BCUT2D eigenvalue weighted by molar-refractivity contribution is -0.111. The number of allylic oxidation sites excluding steroid dienone is 3. The number of ether oxygens (including phenoxy) is 1. The Kier molecular flexibility index (Phi) is 10.7. The second-order valence-electron chi connectivity index (χ2n) is 8.54. The van der Waals surface area contributed by atoms with Crippen molar-refractivity contribution in [2.24, 2.45) is 4.99 Å². The number of nitrogens with zero attached hydrogens (tertiary/aromatic N) is 4. The Morgan fingerprint density at radius 3 is 2.54 bits per heavy atom. The van der Waals surface area contributed by atoms with Gasteiger partial charge < -0.3 is 25.6 Å². The van der Waals surface area contributed by atoms with Gasteiger partial charge in [-0.25, -0.2) is 9.97 Å². The maximum atomic E-state index is 12.8. The van der Waals surface area contributed by atoms with E-state index >= 15 is 0 Å². The van der Waals surface area contributed by atoms with E-state index in [0.29, 0.717) is 46.6 Å². The normalized spacial score (nSPS) is 11.5. The molecule has 3 aromatic rings. The van der Waals surface area contributed by atoms with Crippen LogP contribution in [0.1, 0.15) is 17.3 Å². The van der Waals surface area contributed by atoms with Crippen LogP contribution in [0.15, 0.2) is 102 Å². The highest BCUT2D eigenvalue weighted by molar-refractivity contribution is 6.05. The molecule has 10 nitrogen and oxygen atoms in total. The Morgan fingerprint density at radius 1 is 1.03 bits per heavy atom. The molecule has 0 atom stereocenters. The number of benzene rings is 2. The Morgan fingerprint density at radius 2 is 1.79 bits per heavy atom. The first-order chi connectivity index (χ1) is 18.8. The summed E-state index contributed by atoms with van der Waals surface area (Å²) in [6.07, 6.45) is 9.65. The van der Waals surface area contributed by atoms with Gasteiger partial charge in [-0.2, -0.15) is 0 Å². The molecule has 39 heavy (non-hydrogen) atoms. The molecular weight excluding hydrogens is 494 g/mol. The van der Waals surface area contributed by atoms with Crippen LogP contribution in [0.4, 0.5) is 22.9 Å². The van der Waals surface area contributed by atoms with Crippen molar-refractivity contribution in [1.82, 2.24) is 14.9 Å². The zero-order valence-electron chi connectivity index (χ0n) is 22.1. The molecule has 0 spiro atoms. The van der Waals surface area contributed by atoms with Gasteiger partial charge in [-0.05, 0) is 82.4 Å². The summed E-state index contributed by atoms with van der Waals surface area (Å²) in [5, 5.41) is 8.83. The molecule has 2 amide bonds. The summed E-state index contributed by atoms with van der Waals surface area (Å²) in [5.74, 6) is 1.00. The van der Waals surface area contributed by atoms with Crippen molar-refractivity contribution in [3.05, 3.63) is 103 Å². The molecule has 3 N–H and O–H groups in total.